The highest BCUT2D eigenvalue weighted by Crippen LogP contribution is 2.28. The second-order valence-corrected chi connectivity index (χ2v) is 6.93. The summed E-state index contributed by atoms with van der Waals surface area (Å²) in [6, 6.07) is 13.2. The fraction of sp³-hybridized carbons (Fsp3) is 0.227. The van der Waals surface area contributed by atoms with Gasteiger partial charge in [0.2, 0.25) is 0 Å². The number of carbonyl (C=O) groups is 1. The number of benzene rings is 2. The molecular formula is C22H22ClN3O3. The summed E-state index contributed by atoms with van der Waals surface area (Å²) in [7, 11) is 2.94. The highest BCUT2D eigenvalue weighted by atomic mass is 35.5. The number of nitrogens with one attached hydrogen (secondary N) is 1. The molecule has 0 saturated carbocycles. The van der Waals surface area contributed by atoms with Crippen LogP contribution < -0.4 is 5.32 Å². The van der Waals surface area contributed by atoms with Gasteiger partial charge in [-0.25, -0.2) is 0 Å². The van der Waals surface area contributed by atoms with Crippen molar-refractivity contribution in [1.82, 2.24) is 5.32 Å². The number of nitrogens with zero attached hydrogens (tertiary/aromatic N) is 2. The molecule has 1 aliphatic carbocycles. The molecule has 1 amide bonds. The maximum atomic E-state index is 12.1. The highest BCUT2D eigenvalue weighted by molar-refractivity contribution is 6.45. The molecule has 0 unspecified atom stereocenters. The van der Waals surface area contributed by atoms with Crippen LogP contribution in [0.2, 0.25) is 5.02 Å². The van der Waals surface area contributed by atoms with Gasteiger partial charge in [-0.2, -0.15) is 0 Å². The standard InChI is InChI=1S/C22H22ClN3O3/c1-14(17-10-15-8-9-19(23)12-18(15)11-17)25-29-13-16-6-4-5-7-20(16)21(26-28-3)22(27)24-2/h4-10,12H,11,13H2,1-3H3,(H,24,27)/b25-14+,26-21-. The van der Waals surface area contributed by atoms with E-state index in [1.807, 2.05) is 43.3 Å². The van der Waals surface area contributed by atoms with Crippen molar-refractivity contribution in [3.63, 3.8) is 0 Å². The van der Waals surface area contributed by atoms with Crippen LogP contribution in [0.15, 0.2) is 58.3 Å². The Morgan fingerprint density at radius 3 is 2.76 bits per heavy atom. The van der Waals surface area contributed by atoms with Crippen LogP contribution in [0.5, 0.6) is 0 Å². The quantitative estimate of drug-likeness (QED) is 0.553. The Morgan fingerprint density at radius 2 is 2.00 bits per heavy atom. The molecule has 0 bridgehead atoms. The van der Waals surface area contributed by atoms with E-state index in [0.717, 1.165) is 33.9 Å². The number of carbonyl (C=O) groups excluding carboxylic acids is 1. The third-order valence-corrected chi connectivity index (χ3v) is 4.83. The van der Waals surface area contributed by atoms with Crippen molar-refractivity contribution in [2.24, 2.45) is 10.3 Å². The van der Waals surface area contributed by atoms with Crippen LogP contribution in [0, 0.1) is 0 Å². The maximum Gasteiger partial charge on any atom is 0.273 e. The SMILES string of the molecule is CNC(=O)/C(=N\OC)c1ccccc1CO/N=C(\C)C1=Cc2ccc(Cl)cc2C1. The lowest BCUT2D eigenvalue weighted by molar-refractivity contribution is -0.114. The molecule has 0 fully saturated rings. The summed E-state index contributed by atoms with van der Waals surface area (Å²) < 4.78 is 0. The first kappa shape index (κ1) is 20.6. The zero-order valence-corrected chi connectivity index (χ0v) is 17.3. The van der Waals surface area contributed by atoms with E-state index >= 15 is 0 Å². The Hall–Kier alpha value is -3.12. The molecule has 7 heteroatoms. The van der Waals surface area contributed by atoms with E-state index in [0.29, 0.717) is 5.56 Å². The molecule has 6 nitrogen and oxygen atoms in total. The van der Waals surface area contributed by atoms with Crippen LogP contribution in [-0.4, -0.2) is 31.5 Å². The third kappa shape index (κ3) is 4.84. The van der Waals surface area contributed by atoms with Crippen LogP contribution in [-0.2, 0) is 27.5 Å². The number of hydrogen-bond acceptors (Lipinski definition) is 5. The minimum atomic E-state index is -0.341. The summed E-state index contributed by atoms with van der Waals surface area (Å²) in [6.07, 6.45) is 2.86. The first-order chi connectivity index (χ1) is 14.0. The van der Waals surface area contributed by atoms with E-state index in [2.05, 4.69) is 21.7 Å². The van der Waals surface area contributed by atoms with Gasteiger partial charge < -0.3 is 15.0 Å². The lowest BCUT2D eigenvalue weighted by atomic mass is 10.0. The first-order valence-corrected chi connectivity index (χ1v) is 9.48. The monoisotopic (exact) mass is 411 g/mol. The van der Waals surface area contributed by atoms with Gasteiger partial charge in [0.1, 0.15) is 13.7 Å². The average Bonchev–Trinajstić information content (AvgIpc) is 3.15. The van der Waals surface area contributed by atoms with Crippen molar-refractivity contribution in [3.05, 3.63) is 75.3 Å². The fourth-order valence-corrected chi connectivity index (χ4v) is 3.30. The number of oxime groups is 2. The largest absolute Gasteiger partial charge is 0.398 e. The number of rotatable bonds is 7. The predicted octanol–water partition coefficient (Wildman–Crippen LogP) is 3.97. The van der Waals surface area contributed by atoms with E-state index in [1.54, 1.807) is 13.1 Å². The molecule has 2 aromatic rings. The summed E-state index contributed by atoms with van der Waals surface area (Å²) in [5, 5.41) is 11.4. The molecule has 0 atom stereocenters. The van der Waals surface area contributed by atoms with Crippen LogP contribution in [0.25, 0.3) is 6.08 Å². The van der Waals surface area contributed by atoms with Crippen molar-refractivity contribution in [2.45, 2.75) is 20.0 Å². The van der Waals surface area contributed by atoms with Gasteiger partial charge in [0.05, 0.1) is 5.71 Å². The lowest BCUT2D eigenvalue weighted by Gasteiger charge is -2.10. The van der Waals surface area contributed by atoms with Crippen LogP contribution in [0.1, 0.15) is 29.2 Å². The van der Waals surface area contributed by atoms with Crippen LogP contribution >= 0.6 is 11.6 Å². The summed E-state index contributed by atoms with van der Waals surface area (Å²) >= 11 is 6.07. The first-order valence-electron chi connectivity index (χ1n) is 9.11. The number of halogens is 1. The van der Waals surface area contributed by atoms with Crippen molar-refractivity contribution in [2.75, 3.05) is 14.2 Å². The van der Waals surface area contributed by atoms with E-state index in [1.165, 1.54) is 12.7 Å². The molecule has 150 valence electrons. The van der Waals surface area contributed by atoms with E-state index in [-0.39, 0.29) is 18.2 Å². The summed E-state index contributed by atoms with van der Waals surface area (Å²) in [6.45, 7) is 2.10. The molecule has 1 N–H and O–H groups in total. The molecule has 0 radical (unpaired) electrons. The van der Waals surface area contributed by atoms with E-state index in [4.69, 9.17) is 21.3 Å². The Kier molecular flexibility index (Phi) is 6.67. The molecule has 29 heavy (non-hydrogen) atoms. The Labute approximate surface area is 174 Å². The molecule has 1 aliphatic rings. The Bertz CT molecular complexity index is 1010. The highest BCUT2D eigenvalue weighted by Gasteiger charge is 2.18. The van der Waals surface area contributed by atoms with Crippen molar-refractivity contribution in [3.8, 4) is 0 Å². The smallest absolute Gasteiger partial charge is 0.273 e. The number of hydrogen-bond donors (Lipinski definition) is 1. The molecule has 0 saturated heterocycles. The number of likely N-dealkylation sites (N-methyl/N-ethyl adjacent to an activating group) is 1. The molecule has 0 heterocycles. The summed E-state index contributed by atoms with van der Waals surface area (Å²) in [5.41, 5.74) is 5.80. The van der Waals surface area contributed by atoms with Gasteiger partial charge >= 0.3 is 0 Å². The van der Waals surface area contributed by atoms with E-state index < -0.39 is 0 Å². The van der Waals surface area contributed by atoms with Gasteiger partial charge in [-0.3, -0.25) is 4.79 Å². The lowest BCUT2D eigenvalue weighted by Crippen LogP contribution is -2.29. The van der Waals surface area contributed by atoms with Gasteiger partial charge in [0.15, 0.2) is 5.71 Å². The number of allylic oxidation sites excluding steroid dienone is 1. The third-order valence-electron chi connectivity index (χ3n) is 4.60. The zero-order chi connectivity index (χ0) is 20.8. The van der Waals surface area contributed by atoms with Gasteiger partial charge in [-0.05, 0) is 41.8 Å². The molecular weight excluding hydrogens is 390 g/mol. The maximum absolute atomic E-state index is 12.1. The molecule has 3 rings (SSSR count). The molecule has 0 aliphatic heterocycles. The van der Waals surface area contributed by atoms with Crippen molar-refractivity contribution < 1.29 is 14.5 Å². The zero-order valence-electron chi connectivity index (χ0n) is 16.5. The van der Waals surface area contributed by atoms with Gasteiger partial charge in [0, 0.05) is 29.6 Å². The predicted molar refractivity (Wildman–Crippen MR) is 115 cm³/mol. The van der Waals surface area contributed by atoms with Crippen molar-refractivity contribution in [1.29, 1.82) is 0 Å². The number of fused-ring (bicyclic) bond motifs is 1. The topological polar surface area (TPSA) is 72.3 Å². The average molecular weight is 412 g/mol. The fourth-order valence-electron chi connectivity index (χ4n) is 3.10. The Balaban J connectivity index is 1.73. The van der Waals surface area contributed by atoms with E-state index in [9.17, 15) is 4.79 Å². The molecule has 0 spiro atoms. The molecule has 0 aromatic heterocycles. The van der Waals surface area contributed by atoms with Gasteiger partial charge in [0.25, 0.3) is 5.91 Å². The van der Waals surface area contributed by atoms with Crippen LogP contribution in [0.3, 0.4) is 0 Å². The summed E-state index contributed by atoms with van der Waals surface area (Å²) in [5.74, 6) is -0.341. The van der Waals surface area contributed by atoms with Gasteiger partial charge in [-0.1, -0.05) is 52.2 Å². The number of amides is 1. The normalized spacial score (nSPS) is 13.6. The van der Waals surface area contributed by atoms with Gasteiger partial charge in [-0.15, -0.1) is 0 Å². The second-order valence-electron chi connectivity index (χ2n) is 6.50. The minimum absolute atomic E-state index is 0.181. The van der Waals surface area contributed by atoms with Crippen LogP contribution in [0.4, 0.5) is 0 Å². The van der Waals surface area contributed by atoms with Crippen molar-refractivity contribution >= 4 is 35.0 Å². The second kappa shape index (κ2) is 9.39. The molecule has 2 aromatic carbocycles. The minimum Gasteiger partial charge on any atom is -0.398 e. The summed E-state index contributed by atoms with van der Waals surface area (Å²) in [4.78, 5) is 22.6. The Morgan fingerprint density at radius 1 is 1.21 bits per heavy atom.